The molecule has 8 heteroatoms. The van der Waals surface area contributed by atoms with E-state index < -0.39 is 11.9 Å². The van der Waals surface area contributed by atoms with Crippen molar-refractivity contribution in [3.63, 3.8) is 0 Å². The van der Waals surface area contributed by atoms with Crippen LogP contribution < -0.4 is 10.6 Å². The third-order valence-corrected chi connectivity index (χ3v) is 4.25. The van der Waals surface area contributed by atoms with E-state index in [-0.39, 0.29) is 12.0 Å². The highest BCUT2D eigenvalue weighted by Gasteiger charge is 2.32. The predicted molar refractivity (Wildman–Crippen MR) is 102 cm³/mol. The second kappa shape index (κ2) is 9.45. The van der Waals surface area contributed by atoms with Crippen LogP contribution in [0.15, 0.2) is 41.7 Å². The van der Waals surface area contributed by atoms with Crippen molar-refractivity contribution in [3.05, 3.63) is 47.9 Å². The van der Waals surface area contributed by atoms with Crippen LogP contribution in [0, 0.1) is 0 Å². The van der Waals surface area contributed by atoms with Crippen LogP contribution >= 0.6 is 0 Å². The van der Waals surface area contributed by atoms with Crippen LogP contribution in [-0.2, 0) is 6.18 Å². The van der Waals surface area contributed by atoms with Crippen molar-refractivity contribution >= 4 is 18.2 Å². The van der Waals surface area contributed by atoms with Gasteiger partial charge in [-0.2, -0.15) is 13.2 Å². The van der Waals surface area contributed by atoms with Crippen LogP contribution in [0.5, 0.6) is 0 Å². The number of nitrogens with zero attached hydrogens (tertiary/aromatic N) is 3. The van der Waals surface area contributed by atoms with Gasteiger partial charge in [0.1, 0.15) is 5.69 Å². The molecule has 5 nitrogen and oxygen atoms in total. The number of aliphatic imine (C=N–C) groups is 1. The molecule has 2 aromatic heterocycles. The van der Waals surface area contributed by atoms with E-state index in [0.717, 1.165) is 30.3 Å². The molecule has 2 rings (SSSR count). The fraction of sp³-hybridized carbons (Fsp3) is 0.421. The van der Waals surface area contributed by atoms with Crippen molar-refractivity contribution in [3.8, 4) is 0 Å². The second-order valence-corrected chi connectivity index (χ2v) is 6.43. The number of halogens is 3. The number of hydrogen-bond acceptors (Lipinski definition) is 5. The molecule has 0 spiro atoms. The third kappa shape index (κ3) is 6.32. The molecule has 2 atom stereocenters. The molecule has 0 aliphatic heterocycles. The lowest BCUT2D eigenvalue weighted by molar-refractivity contribution is -0.141. The molecule has 0 aliphatic rings. The predicted octanol–water partition coefficient (Wildman–Crippen LogP) is 4.41. The highest BCUT2D eigenvalue weighted by atomic mass is 19.4. The quantitative estimate of drug-likeness (QED) is 0.634. The Morgan fingerprint density at radius 3 is 2.59 bits per heavy atom. The zero-order valence-electron chi connectivity index (χ0n) is 15.4. The summed E-state index contributed by atoms with van der Waals surface area (Å²) in [6.07, 6.45) is -0.579. The van der Waals surface area contributed by atoms with Gasteiger partial charge in [-0.1, -0.05) is 13.0 Å². The fourth-order valence-corrected chi connectivity index (χ4v) is 2.55. The Labute approximate surface area is 157 Å². The average molecular weight is 379 g/mol. The number of hydrogen-bond donors (Lipinski definition) is 2. The molecule has 27 heavy (non-hydrogen) atoms. The van der Waals surface area contributed by atoms with E-state index in [1.54, 1.807) is 6.20 Å². The van der Waals surface area contributed by atoms with Gasteiger partial charge in [0.25, 0.3) is 0 Å². The SMILES string of the molecule is C=Nc1ncccc1NCC[C@@H](C)NC[C@@H](C)c1ccc(C(F)(F)F)nc1. The van der Waals surface area contributed by atoms with E-state index in [1.165, 1.54) is 12.3 Å². The lowest BCUT2D eigenvalue weighted by Gasteiger charge is -2.19. The van der Waals surface area contributed by atoms with Crippen molar-refractivity contribution in [1.82, 2.24) is 15.3 Å². The first kappa shape index (κ1) is 20.8. The Bertz CT molecular complexity index is 731. The number of alkyl halides is 3. The van der Waals surface area contributed by atoms with Crippen molar-refractivity contribution < 1.29 is 13.2 Å². The van der Waals surface area contributed by atoms with Gasteiger partial charge in [0.05, 0.1) is 5.69 Å². The molecule has 0 aromatic carbocycles. The Balaban J connectivity index is 1.76. The van der Waals surface area contributed by atoms with Gasteiger partial charge in [0.2, 0.25) is 0 Å². The Hall–Kier alpha value is -2.48. The number of pyridine rings is 2. The van der Waals surface area contributed by atoms with Crippen molar-refractivity contribution in [1.29, 1.82) is 0 Å². The van der Waals surface area contributed by atoms with E-state index in [4.69, 9.17) is 0 Å². The highest BCUT2D eigenvalue weighted by Crippen LogP contribution is 2.28. The Kier molecular flexibility index (Phi) is 7.29. The highest BCUT2D eigenvalue weighted by molar-refractivity contribution is 5.62. The molecule has 2 N–H and O–H groups in total. The standard InChI is InChI=1S/C19H24F3N5/c1-13(15-6-7-17(27-12-15)19(20,21)22)11-26-14(2)8-10-24-16-5-4-9-25-18(16)23-3/h4-7,9,12-14,24,26H,3,8,10-11H2,1-2H3/t13-,14-/m1/s1. The summed E-state index contributed by atoms with van der Waals surface area (Å²) < 4.78 is 37.7. The molecule has 0 aliphatic carbocycles. The number of rotatable bonds is 9. The van der Waals surface area contributed by atoms with Crippen molar-refractivity contribution in [2.24, 2.45) is 4.99 Å². The van der Waals surface area contributed by atoms with Gasteiger partial charge < -0.3 is 10.6 Å². The molecule has 0 unspecified atom stereocenters. The first-order valence-corrected chi connectivity index (χ1v) is 8.73. The van der Waals surface area contributed by atoms with Crippen LogP contribution in [0.1, 0.15) is 37.4 Å². The summed E-state index contributed by atoms with van der Waals surface area (Å²) in [6.45, 7) is 8.91. The average Bonchev–Trinajstić information content (AvgIpc) is 2.66. The Morgan fingerprint density at radius 1 is 1.19 bits per heavy atom. The normalized spacial score (nSPS) is 13.8. The van der Waals surface area contributed by atoms with Crippen molar-refractivity contribution in [2.75, 3.05) is 18.4 Å². The van der Waals surface area contributed by atoms with E-state index in [0.29, 0.717) is 12.4 Å². The first-order chi connectivity index (χ1) is 12.8. The maximum absolute atomic E-state index is 12.6. The van der Waals surface area contributed by atoms with Gasteiger partial charge in [0.15, 0.2) is 5.82 Å². The summed E-state index contributed by atoms with van der Waals surface area (Å²) in [4.78, 5) is 11.5. The number of anilines is 1. The molecule has 0 saturated carbocycles. The van der Waals surface area contributed by atoms with Crippen LogP contribution in [0.25, 0.3) is 0 Å². The summed E-state index contributed by atoms with van der Waals surface area (Å²) in [5.74, 6) is 0.631. The zero-order chi connectivity index (χ0) is 19.9. The lowest BCUT2D eigenvalue weighted by Crippen LogP contribution is -2.31. The van der Waals surface area contributed by atoms with E-state index in [1.807, 2.05) is 19.1 Å². The van der Waals surface area contributed by atoms with Crippen LogP contribution in [0.3, 0.4) is 0 Å². The monoisotopic (exact) mass is 379 g/mol. The molecule has 0 saturated heterocycles. The Morgan fingerprint density at radius 2 is 1.96 bits per heavy atom. The summed E-state index contributed by atoms with van der Waals surface area (Å²) >= 11 is 0. The van der Waals surface area contributed by atoms with Gasteiger partial charge in [-0.25, -0.2) is 9.98 Å². The van der Waals surface area contributed by atoms with Crippen molar-refractivity contribution in [2.45, 2.75) is 38.4 Å². The van der Waals surface area contributed by atoms with Gasteiger partial charge >= 0.3 is 6.18 Å². The zero-order valence-corrected chi connectivity index (χ0v) is 15.4. The summed E-state index contributed by atoms with van der Waals surface area (Å²) in [5, 5.41) is 6.68. The fourth-order valence-electron chi connectivity index (χ4n) is 2.55. The largest absolute Gasteiger partial charge is 0.433 e. The summed E-state index contributed by atoms with van der Waals surface area (Å²) in [5.41, 5.74) is 0.747. The molecule has 0 amide bonds. The van der Waals surface area contributed by atoms with E-state index in [2.05, 4.69) is 39.2 Å². The maximum Gasteiger partial charge on any atom is 0.433 e. The molecule has 146 valence electrons. The van der Waals surface area contributed by atoms with E-state index in [9.17, 15) is 13.2 Å². The number of nitrogens with one attached hydrogen (secondary N) is 2. The minimum atomic E-state index is -4.41. The van der Waals surface area contributed by atoms with Gasteiger partial charge in [-0.3, -0.25) is 4.98 Å². The smallest absolute Gasteiger partial charge is 0.382 e. The molecular weight excluding hydrogens is 355 g/mol. The van der Waals surface area contributed by atoms with E-state index >= 15 is 0 Å². The lowest BCUT2D eigenvalue weighted by atomic mass is 10.0. The summed E-state index contributed by atoms with van der Waals surface area (Å²) in [7, 11) is 0. The third-order valence-electron chi connectivity index (χ3n) is 4.25. The van der Waals surface area contributed by atoms with Crippen LogP contribution in [0.2, 0.25) is 0 Å². The molecular formula is C19H24F3N5. The van der Waals surface area contributed by atoms with Gasteiger partial charge in [0, 0.05) is 31.5 Å². The van der Waals surface area contributed by atoms with Crippen LogP contribution in [-0.4, -0.2) is 35.8 Å². The molecule has 0 fully saturated rings. The number of aromatic nitrogens is 2. The molecule has 0 radical (unpaired) electrons. The maximum atomic E-state index is 12.6. The van der Waals surface area contributed by atoms with Gasteiger partial charge in [-0.15, -0.1) is 0 Å². The van der Waals surface area contributed by atoms with Crippen LogP contribution in [0.4, 0.5) is 24.7 Å². The second-order valence-electron chi connectivity index (χ2n) is 6.43. The minimum absolute atomic E-state index is 0.0603. The molecule has 2 aromatic rings. The summed E-state index contributed by atoms with van der Waals surface area (Å²) in [6, 6.07) is 6.48. The first-order valence-electron chi connectivity index (χ1n) is 8.73. The molecule has 0 bridgehead atoms. The molecule has 2 heterocycles. The topological polar surface area (TPSA) is 62.2 Å². The minimum Gasteiger partial charge on any atom is -0.382 e. The van der Waals surface area contributed by atoms with Gasteiger partial charge in [-0.05, 0) is 49.7 Å².